The topological polar surface area (TPSA) is 78.9 Å². The minimum atomic E-state index is 0.108. The highest BCUT2D eigenvalue weighted by Gasteiger charge is 2.34. The van der Waals surface area contributed by atoms with E-state index in [-0.39, 0.29) is 11.7 Å². The highest BCUT2D eigenvalue weighted by molar-refractivity contribution is 7.19. The lowest BCUT2D eigenvalue weighted by Gasteiger charge is -2.14. The van der Waals surface area contributed by atoms with E-state index in [2.05, 4.69) is 25.2 Å². The molecule has 0 bridgehead atoms. The largest absolute Gasteiger partial charge is 0.396 e. The quantitative estimate of drug-likeness (QED) is 0.781. The first kappa shape index (κ1) is 13.9. The fourth-order valence-electron chi connectivity index (χ4n) is 2.05. The van der Waals surface area contributed by atoms with E-state index in [9.17, 15) is 10.1 Å². The van der Waals surface area contributed by atoms with Gasteiger partial charge in [0.05, 0.1) is 10.6 Å². The van der Waals surface area contributed by atoms with Crippen LogP contribution in [0.25, 0.3) is 0 Å². The van der Waals surface area contributed by atoms with E-state index >= 15 is 0 Å². The molecule has 19 heavy (non-hydrogen) atoms. The lowest BCUT2D eigenvalue weighted by molar-refractivity contribution is 0.0972. The summed E-state index contributed by atoms with van der Waals surface area (Å²) in [5, 5.41) is 13.3. The SMILES string of the molecule is CCC(CC)Nc1sc(C(=O)C2CC2)c(N)c1C#N. The Hall–Kier alpha value is -1.54. The maximum atomic E-state index is 12.1. The molecule has 0 atom stereocenters. The van der Waals surface area contributed by atoms with Crippen LogP contribution in [-0.2, 0) is 0 Å². The van der Waals surface area contributed by atoms with Crippen LogP contribution in [0.1, 0.15) is 54.8 Å². The molecular weight excluding hydrogens is 258 g/mol. The molecule has 0 unspecified atom stereocenters. The Balaban J connectivity index is 2.30. The lowest BCUT2D eigenvalue weighted by Crippen LogP contribution is -2.16. The summed E-state index contributed by atoms with van der Waals surface area (Å²) in [5.41, 5.74) is 6.76. The smallest absolute Gasteiger partial charge is 0.178 e. The van der Waals surface area contributed by atoms with E-state index in [1.165, 1.54) is 11.3 Å². The van der Waals surface area contributed by atoms with E-state index in [0.29, 0.717) is 22.2 Å². The summed E-state index contributed by atoms with van der Waals surface area (Å²) in [5.74, 6) is 0.241. The van der Waals surface area contributed by atoms with E-state index in [1.807, 2.05) is 0 Å². The average molecular weight is 277 g/mol. The molecule has 0 spiro atoms. The van der Waals surface area contributed by atoms with Gasteiger partial charge in [0.1, 0.15) is 16.6 Å². The van der Waals surface area contributed by atoms with Crippen LogP contribution < -0.4 is 11.1 Å². The first-order valence-electron chi connectivity index (χ1n) is 6.75. The molecule has 0 amide bonds. The van der Waals surface area contributed by atoms with Crippen molar-refractivity contribution in [2.45, 2.75) is 45.6 Å². The normalized spacial score (nSPS) is 14.4. The van der Waals surface area contributed by atoms with Crippen molar-refractivity contribution in [1.29, 1.82) is 5.26 Å². The molecule has 2 rings (SSSR count). The molecule has 1 heterocycles. The zero-order valence-corrected chi connectivity index (χ0v) is 12.1. The van der Waals surface area contributed by atoms with E-state index < -0.39 is 0 Å². The Morgan fingerprint density at radius 3 is 2.63 bits per heavy atom. The van der Waals surface area contributed by atoms with Crippen molar-refractivity contribution in [3.05, 3.63) is 10.4 Å². The third-order valence-electron chi connectivity index (χ3n) is 3.55. The maximum Gasteiger partial charge on any atom is 0.178 e. The van der Waals surface area contributed by atoms with Gasteiger partial charge in [0, 0.05) is 12.0 Å². The van der Waals surface area contributed by atoms with E-state index in [1.54, 1.807) is 0 Å². The van der Waals surface area contributed by atoms with Gasteiger partial charge < -0.3 is 11.1 Å². The fourth-order valence-corrected chi connectivity index (χ4v) is 3.22. The van der Waals surface area contributed by atoms with E-state index in [0.717, 1.165) is 30.7 Å². The molecule has 1 aromatic heterocycles. The van der Waals surface area contributed by atoms with Gasteiger partial charge in [0.25, 0.3) is 0 Å². The molecule has 1 fully saturated rings. The molecule has 0 aliphatic heterocycles. The Morgan fingerprint density at radius 1 is 1.53 bits per heavy atom. The third kappa shape index (κ3) is 2.74. The number of carbonyl (C=O) groups excluding carboxylic acids is 1. The zero-order chi connectivity index (χ0) is 14.0. The number of nitrogens with zero attached hydrogens (tertiary/aromatic N) is 1. The molecule has 0 radical (unpaired) electrons. The summed E-state index contributed by atoms with van der Waals surface area (Å²) in [6.45, 7) is 4.20. The lowest BCUT2D eigenvalue weighted by atomic mass is 10.1. The molecular formula is C14H19N3OS. The van der Waals surface area contributed by atoms with Crippen molar-refractivity contribution in [2.75, 3.05) is 11.1 Å². The number of thiophene rings is 1. The molecule has 102 valence electrons. The Bertz CT molecular complexity index is 522. The molecule has 1 aliphatic carbocycles. The summed E-state index contributed by atoms with van der Waals surface area (Å²) in [6, 6.07) is 2.44. The number of carbonyl (C=O) groups is 1. The zero-order valence-electron chi connectivity index (χ0n) is 11.3. The van der Waals surface area contributed by atoms with Gasteiger partial charge in [0.15, 0.2) is 5.78 Å². The Morgan fingerprint density at radius 2 is 2.16 bits per heavy atom. The van der Waals surface area contributed by atoms with Gasteiger partial charge >= 0.3 is 0 Å². The summed E-state index contributed by atoms with van der Waals surface area (Å²) < 4.78 is 0. The molecule has 3 N–H and O–H groups in total. The van der Waals surface area contributed by atoms with Crippen LogP contribution in [0.4, 0.5) is 10.7 Å². The second-order valence-corrected chi connectivity index (χ2v) is 5.98. The van der Waals surface area contributed by atoms with Gasteiger partial charge in [-0.1, -0.05) is 13.8 Å². The van der Waals surface area contributed by atoms with Crippen molar-refractivity contribution in [1.82, 2.24) is 0 Å². The van der Waals surface area contributed by atoms with E-state index in [4.69, 9.17) is 5.73 Å². The van der Waals surface area contributed by atoms with Crippen molar-refractivity contribution in [3.8, 4) is 6.07 Å². The summed E-state index contributed by atoms with van der Waals surface area (Å²) in [7, 11) is 0. The first-order valence-corrected chi connectivity index (χ1v) is 7.57. The molecule has 0 saturated heterocycles. The summed E-state index contributed by atoms with van der Waals surface area (Å²) >= 11 is 1.34. The highest BCUT2D eigenvalue weighted by Crippen LogP contribution is 2.41. The monoisotopic (exact) mass is 277 g/mol. The number of Topliss-reactive ketones (excluding diaryl/α,β-unsaturated/α-hetero) is 1. The molecule has 1 saturated carbocycles. The van der Waals surface area contributed by atoms with Crippen molar-refractivity contribution in [3.63, 3.8) is 0 Å². The Labute approximate surface area is 117 Å². The average Bonchev–Trinajstić information content (AvgIpc) is 3.21. The molecule has 0 aromatic carbocycles. The number of hydrogen-bond donors (Lipinski definition) is 2. The number of nitriles is 1. The minimum absolute atomic E-state index is 0.108. The van der Waals surface area contributed by atoms with Gasteiger partial charge in [-0.25, -0.2) is 0 Å². The number of hydrogen-bond acceptors (Lipinski definition) is 5. The van der Waals surface area contributed by atoms with Crippen LogP contribution >= 0.6 is 11.3 Å². The van der Waals surface area contributed by atoms with Crippen LogP contribution in [-0.4, -0.2) is 11.8 Å². The maximum absolute atomic E-state index is 12.1. The standard InChI is InChI=1S/C14H19N3OS/c1-3-9(4-2)17-14-10(7-15)11(16)13(19-14)12(18)8-5-6-8/h8-9,17H,3-6,16H2,1-2H3. The van der Waals surface area contributed by atoms with Crippen LogP contribution in [0.15, 0.2) is 0 Å². The molecule has 1 aliphatic rings. The summed E-state index contributed by atoms with van der Waals surface area (Å²) in [6.07, 6.45) is 3.86. The van der Waals surface area contributed by atoms with Gasteiger partial charge in [-0.2, -0.15) is 5.26 Å². The summed E-state index contributed by atoms with van der Waals surface area (Å²) in [4.78, 5) is 12.7. The van der Waals surface area contributed by atoms with Gasteiger partial charge in [-0.15, -0.1) is 11.3 Å². The minimum Gasteiger partial charge on any atom is -0.396 e. The van der Waals surface area contributed by atoms with Crippen molar-refractivity contribution in [2.24, 2.45) is 5.92 Å². The highest BCUT2D eigenvalue weighted by atomic mass is 32.1. The van der Waals surface area contributed by atoms with Gasteiger partial charge in [-0.3, -0.25) is 4.79 Å². The molecule has 4 nitrogen and oxygen atoms in total. The number of nitrogen functional groups attached to an aromatic ring is 1. The molecule has 1 aromatic rings. The number of rotatable bonds is 6. The Kier molecular flexibility index (Phi) is 4.11. The van der Waals surface area contributed by atoms with Crippen molar-refractivity contribution < 1.29 is 4.79 Å². The number of nitrogens with one attached hydrogen (secondary N) is 1. The number of nitrogens with two attached hydrogens (primary N) is 1. The van der Waals surface area contributed by atoms with Crippen LogP contribution in [0.2, 0.25) is 0 Å². The van der Waals surface area contributed by atoms with Gasteiger partial charge in [0.2, 0.25) is 0 Å². The van der Waals surface area contributed by atoms with Crippen LogP contribution in [0.5, 0.6) is 0 Å². The van der Waals surface area contributed by atoms with Crippen LogP contribution in [0.3, 0.4) is 0 Å². The van der Waals surface area contributed by atoms with Crippen molar-refractivity contribution >= 4 is 27.8 Å². The number of anilines is 2. The number of ketones is 1. The third-order valence-corrected chi connectivity index (χ3v) is 4.70. The first-order chi connectivity index (χ1) is 9.12. The van der Waals surface area contributed by atoms with Crippen LogP contribution in [0, 0.1) is 17.2 Å². The van der Waals surface area contributed by atoms with Gasteiger partial charge in [-0.05, 0) is 25.7 Å². The predicted molar refractivity (Wildman–Crippen MR) is 78.5 cm³/mol. The molecule has 5 heteroatoms. The second kappa shape index (κ2) is 5.62. The fraction of sp³-hybridized carbons (Fsp3) is 0.571. The second-order valence-electron chi connectivity index (χ2n) is 4.96. The predicted octanol–water partition coefficient (Wildman–Crippen LogP) is 3.40.